The number of hydrogen-bond donors (Lipinski definition) is 0. The van der Waals surface area contributed by atoms with Gasteiger partial charge in [-0.2, -0.15) is 0 Å². The Hall–Kier alpha value is -2.64. The van der Waals surface area contributed by atoms with E-state index in [9.17, 15) is 0 Å². The van der Waals surface area contributed by atoms with Crippen molar-refractivity contribution in [2.24, 2.45) is 0 Å². The number of nitrogens with zero attached hydrogens (tertiary/aromatic N) is 5. The first kappa shape index (κ1) is 17.8. The van der Waals surface area contributed by atoms with Crippen LogP contribution < -0.4 is 0 Å². The van der Waals surface area contributed by atoms with Crippen LogP contribution in [0.4, 0.5) is 0 Å². The zero-order chi connectivity index (χ0) is 18.6. The van der Waals surface area contributed by atoms with Crippen molar-refractivity contribution in [2.45, 2.75) is 24.4 Å². The molecule has 0 aliphatic heterocycles. The van der Waals surface area contributed by atoms with Crippen LogP contribution in [0.25, 0.3) is 22.6 Å². The van der Waals surface area contributed by atoms with Crippen LogP contribution in [0, 0.1) is 0 Å². The summed E-state index contributed by atoms with van der Waals surface area (Å²) in [4.78, 5) is 4.05. The molecule has 4 aromatic rings. The lowest BCUT2D eigenvalue weighted by atomic mass is 10.1. The fourth-order valence-corrected chi connectivity index (χ4v) is 3.67. The molecule has 1 aromatic carbocycles. The molecular formula is C19H16ClN5OS. The predicted octanol–water partition coefficient (Wildman–Crippen LogP) is 4.96. The molecule has 0 aliphatic carbocycles. The smallest absolute Gasteiger partial charge is 0.191 e. The molecule has 6 nitrogen and oxygen atoms in total. The lowest BCUT2D eigenvalue weighted by Crippen LogP contribution is -1.99. The van der Waals surface area contributed by atoms with Crippen molar-refractivity contribution in [2.75, 3.05) is 0 Å². The standard InChI is InChI=1S/C19H16ClN5OS/c1-2-25-18(14-7-9-21-10-8-14)22-23-19(25)27-12-16-11-17(24-26-16)13-3-5-15(20)6-4-13/h3-11H,2,12H2,1H3. The first-order chi connectivity index (χ1) is 13.2. The zero-order valence-electron chi connectivity index (χ0n) is 14.5. The SMILES string of the molecule is CCn1c(SCc2cc(-c3ccc(Cl)cc3)no2)nnc1-c1ccncc1. The van der Waals surface area contributed by atoms with Crippen LogP contribution in [-0.2, 0) is 12.3 Å². The van der Waals surface area contributed by atoms with E-state index in [-0.39, 0.29) is 0 Å². The van der Waals surface area contributed by atoms with Gasteiger partial charge in [0.1, 0.15) is 11.5 Å². The molecule has 27 heavy (non-hydrogen) atoms. The van der Waals surface area contributed by atoms with Gasteiger partial charge in [0.15, 0.2) is 11.0 Å². The summed E-state index contributed by atoms with van der Waals surface area (Å²) in [6.07, 6.45) is 3.51. The van der Waals surface area contributed by atoms with Gasteiger partial charge in [-0.15, -0.1) is 10.2 Å². The highest BCUT2D eigenvalue weighted by molar-refractivity contribution is 7.98. The van der Waals surface area contributed by atoms with Gasteiger partial charge in [0.2, 0.25) is 0 Å². The van der Waals surface area contributed by atoms with Crippen LogP contribution in [0.1, 0.15) is 12.7 Å². The Morgan fingerprint density at radius 3 is 2.56 bits per heavy atom. The van der Waals surface area contributed by atoms with E-state index in [1.165, 1.54) is 0 Å². The van der Waals surface area contributed by atoms with E-state index in [1.54, 1.807) is 24.2 Å². The lowest BCUT2D eigenvalue weighted by molar-refractivity contribution is 0.397. The van der Waals surface area contributed by atoms with Gasteiger partial charge in [-0.1, -0.05) is 40.7 Å². The van der Waals surface area contributed by atoms with Crippen molar-refractivity contribution in [1.29, 1.82) is 0 Å². The molecule has 0 unspecified atom stereocenters. The molecule has 0 aliphatic rings. The maximum atomic E-state index is 5.93. The molecule has 4 rings (SSSR count). The summed E-state index contributed by atoms with van der Waals surface area (Å²) in [5, 5.41) is 14.3. The lowest BCUT2D eigenvalue weighted by Gasteiger charge is -2.06. The second-order valence-corrected chi connectivity index (χ2v) is 7.14. The van der Waals surface area contributed by atoms with Gasteiger partial charge in [0, 0.05) is 41.2 Å². The summed E-state index contributed by atoms with van der Waals surface area (Å²) < 4.78 is 7.55. The number of rotatable bonds is 6. The molecule has 0 fully saturated rings. The average Bonchev–Trinajstić information content (AvgIpc) is 3.34. The number of hydrogen-bond acceptors (Lipinski definition) is 6. The number of halogens is 1. The predicted molar refractivity (Wildman–Crippen MR) is 105 cm³/mol. The highest BCUT2D eigenvalue weighted by Crippen LogP contribution is 2.28. The minimum Gasteiger partial charge on any atom is -0.360 e. The molecule has 0 amide bonds. The third-order valence-electron chi connectivity index (χ3n) is 4.01. The van der Waals surface area contributed by atoms with Crippen LogP contribution in [-0.4, -0.2) is 24.9 Å². The van der Waals surface area contributed by atoms with Crippen LogP contribution in [0.15, 0.2) is 64.5 Å². The molecule has 136 valence electrons. The van der Waals surface area contributed by atoms with Gasteiger partial charge < -0.3 is 9.09 Å². The van der Waals surface area contributed by atoms with Crippen molar-refractivity contribution in [1.82, 2.24) is 24.9 Å². The highest BCUT2D eigenvalue weighted by Gasteiger charge is 2.14. The first-order valence-corrected chi connectivity index (χ1v) is 9.79. The monoisotopic (exact) mass is 397 g/mol. The summed E-state index contributed by atoms with van der Waals surface area (Å²) in [7, 11) is 0. The molecular weight excluding hydrogens is 382 g/mol. The molecule has 0 bridgehead atoms. The van der Waals surface area contributed by atoms with Crippen molar-refractivity contribution in [3.05, 3.63) is 65.6 Å². The topological polar surface area (TPSA) is 69.6 Å². The van der Waals surface area contributed by atoms with Gasteiger partial charge >= 0.3 is 0 Å². The fourth-order valence-electron chi connectivity index (χ4n) is 2.67. The van der Waals surface area contributed by atoms with Crippen LogP contribution in [0.2, 0.25) is 5.02 Å². The average molecular weight is 398 g/mol. The maximum Gasteiger partial charge on any atom is 0.191 e. The van der Waals surface area contributed by atoms with E-state index in [0.717, 1.165) is 40.1 Å². The molecule has 8 heteroatoms. The third-order valence-corrected chi connectivity index (χ3v) is 5.26. The fraction of sp³-hybridized carbons (Fsp3) is 0.158. The number of aromatic nitrogens is 5. The summed E-state index contributed by atoms with van der Waals surface area (Å²) in [5.74, 6) is 2.23. The minimum absolute atomic E-state index is 0.620. The van der Waals surface area contributed by atoms with E-state index in [1.807, 2.05) is 42.5 Å². The summed E-state index contributed by atoms with van der Waals surface area (Å²) >= 11 is 7.50. The zero-order valence-corrected chi connectivity index (χ0v) is 16.1. The van der Waals surface area contributed by atoms with Crippen molar-refractivity contribution in [3.63, 3.8) is 0 Å². The van der Waals surface area contributed by atoms with Gasteiger partial charge in [-0.3, -0.25) is 4.98 Å². The van der Waals surface area contributed by atoms with E-state index >= 15 is 0 Å². The molecule has 0 N–H and O–H groups in total. The molecule has 0 spiro atoms. The quantitative estimate of drug-likeness (QED) is 0.428. The molecule has 0 radical (unpaired) electrons. The van der Waals surface area contributed by atoms with Gasteiger partial charge in [0.25, 0.3) is 0 Å². The Labute approximate surface area is 165 Å². The van der Waals surface area contributed by atoms with Crippen LogP contribution in [0.5, 0.6) is 0 Å². The Bertz CT molecular complexity index is 1030. The second-order valence-electron chi connectivity index (χ2n) is 5.76. The van der Waals surface area contributed by atoms with Gasteiger partial charge in [0.05, 0.1) is 5.75 Å². The van der Waals surface area contributed by atoms with Gasteiger partial charge in [-0.05, 0) is 31.2 Å². The number of pyridine rings is 1. The first-order valence-electron chi connectivity index (χ1n) is 8.42. The van der Waals surface area contributed by atoms with Crippen molar-refractivity contribution < 1.29 is 4.52 Å². The summed E-state index contributed by atoms with van der Waals surface area (Å²) in [5.41, 5.74) is 2.75. The third kappa shape index (κ3) is 3.89. The van der Waals surface area contributed by atoms with E-state index < -0.39 is 0 Å². The van der Waals surface area contributed by atoms with Crippen LogP contribution >= 0.6 is 23.4 Å². The van der Waals surface area contributed by atoms with Gasteiger partial charge in [-0.25, -0.2) is 0 Å². The molecule has 0 saturated carbocycles. The second kappa shape index (κ2) is 7.94. The van der Waals surface area contributed by atoms with E-state index in [2.05, 4.69) is 31.8 Å². The number of benzene rings is 1. The highest BCUT2D eigenvalue weighted by atomic mass is 35.5. The Balaban J connectivity index is 1.50. The molecule has 3 heterocycles. The van der Waals surface area contributed by atoms with Crippen molar-refractivity contribution in [3.8, 4) is 22.6 Å². The summed E-state index contributed by atoms with van der Waals surface area (Å²) in [6, 6.07) is 13.3. The Kier molecular flexibility index (Phi) is 5.22. The van der Waals surface area contributed by atoms with E-state index in [0.29, 0.717) is 10.8 Å². The molecule has 3 aromatic heterocycles. The Morgan fingerprint density at radius 2 is 1.81 bits per heavy atom. The largest absolute Gasteiger partial charge is 0.360 e. The normalized spacial score (nSPS) is 11.0. The molecule has 0 saturated heterocycles. The Morgan fingerprint density at radius 1 is 1.04 bits per heavy atom. The van der Waals surface area contributed by atoms with Crippen LogP contribution in [0.3, 0.4) is 0 Å². The minimum atomic E-state index is 0.620. The maximum absolute atomic E-state index is 5.93. The summed E-state index contributed by atoms with van der Waals surface area (Å²) in [6.45, 7) is 2.85. The molecule has 0 atom stereocenters. The van der Waals surface area contributed by atoms with Crippen molar-refractivity contribution >= 4 is 23.4 Å². The van der Waals surface area contributed by atoms with E-state index in [4.69, 9.17) is 16.1 Å². The number of thioether (sulfide) groups is 1.